The predicted octanol–water partition coefficient (Wildman–Crippen LogP) is 2.63. The number of rotatable bonds is 5. The lowest BCUT2D eigenvalue weighted by molar-refractivity contribution is 0.765. The van der Waals surface area contributed by atoms with Crippen molar-refractivity contribution < 1.29 is 0 Å². The summed E-state index contributed by atoms with van der Waals surface area (Å²) < 4.78 is 1.64. The first-order valence-electron chi connectivity index (χ1n) is 8.50. The van der Waals surface area contributed by atoms with E-state index in [0.29, 0.717) is 18.3 Å². The van der Waals surface area contributed by atoms with Crippen molar-refractivity contribution in [1.82, 2.24) is 19.7 Å². The largest absolute Gasteiger partial charge is 0.378 e. The lowest BCUT2D eigenvalue weighted by Gasteiger charge is -2.13. The molecule has 1 N–H and O–H groups in total. The molecule has 0 bridgehead atoms. The van der Waals surface area contributed by atoms with Gasteiger partial charge in [0.15, 0.2) is 5.82 Å². The van der Waals surface area contributed by atoms with Crippen molar-refractivity contribution in [2.75, 3.05) is 19.0 Å². The summed E-state index contributed by atoms with van der Waals surface area (Å²) in [6.07, 6.45) is 2.39. The molecule has 2 aromatic heterocycles. The Morgan fingerprint density at radius 1 is 1.16 bits per heavy atom. The monoisotopic (exact) mass is 335 g/mol. The zero-order valence-electron chi connectivity index (χ0n) is 14.4. The standard InChI is InChI=1S/C19H21N5O/c1-23(2)15-10-6-13(7-11-15)12-24-18(21-22-19(24)25)17-5-3-4-16(20-17)14-8-9-14/h3-7,10-11,14H,8-9,12H2,1-2H3,(H,22,25). The van der Waals surface area contributed by atoms with Gasteiger partial charge < -0.3 is 4.90 Å². The quantitative estimate of drug-likeness (QED) is 0.778. The van der Waals surface area contributed by atoms with Crippen LogP contribution in [0.2, 0.25) is 0 Å². The highest BCUT2D eigenvalue weighted by atomic mass is 16.1. The van der Waals surface area contributed by atoms with Crippen molar-refractivity contribution in [3.05, 3.63) is 64.2 Å². The average Bonchev–Trinajstić information content (AvgIpc) is 3.41. The summed E-state index contributed by atoms with van der Waals surface area (Å²) in [5.74, 6) is 1.15. The van der Waals surface area contributed by atoms with E-state index in [2.05, 4.69) is 16.3 Å². The van der Waals surface area contributed by atoms with Crippen molar-refractivity contribution in [3.63, 3.8) is 0 Å². The molecule has 1 aromatic carbocycles. The summed E-state index contributed by atoms with van der Waals surface area (Å²) in [4.78, 5) is 19.0. The van der Waals surface area contributed by atoms with Crippen LogP contribution in [0, 0.1) is 0 Å². The normalized spacial score (nSPS) is 13.8. The minimum Gasteiger partial charge on any atom is -0.378 e. The number of hydrogen-bond donors (Lipinski definition) is 1. The van der Waals surface area contributed by atoms with Crippen molar-refractivity contribution >= 4 is 5.69 Å². The molecule has 1 aliphatic rings. The van der Waals surface area contributed by atoms with Gasteiger partial charge in [0.2, 0.25) is 0 Å². The minimum absolute atomic E-state index is 0.217. The lowest BCUT2D eigenvalue weighted by atomic mass is 10.2. The van der Waals surface area contributed by atoms with E-state index >= 15 is 0 Å². The van der Waals surface area contributed by atoms with E-state index in [1.165, 1.54) is 12.8 Å². The molecule has 0 aliphatic heterocycles. The summed E-state index contributed by atoms with van der Waals surface area (Å²) in [5, 5.41) is 6.76. The van der Waals surface area contributed by atoms with Gasteiger partial charge in [-0.1, -0.05) is 18.2 Å². The van der Waals surface area contributed by atoms with Crippen LogP contribution in [0.4, 0.5) is 5.69 Å². The van der Waals surface area contributed by atoms with E-state index in [0.717, 1.165) is 22.6 Å². The third kappa shape index (κ3) is 3.20. The maximum Gasteiger partial charge on any atom is 0.343 e. The van der Waals surface area contributed by atoms with Crippen LogP contribution in [-0.2, 0) is 6.54 Å². The number of anilines is 1. The Balaban J connectivity index is 1.65. The first-order valence-corrected chi connectivity index (χ1v) is 8.50. The second-order valence-corrected chi connectivity index (χ2v) is 6.72. The number of aromatic amines is 1. The molecular formula is C19H21N5O. The lowest BCUT2D eigenvalue weighted by Crippen LogP contribution is -2.18. The highest BCUT2D eigenvalue weighted by molar-refractivity contribution is 5.50. The molecule has 0 saturated heterocycles. The van der Waals surface area contributed by atoms with Crippen LogP contribution in [0.25, 0.3) is 11.5 Å². The van der Waals surface area contributed by atoms with E-state index < -0.39 is 0 Å². The van der Waals surface area contributed by atoms with E-state index in [9.17, 15) is 4.79 Å². The van der Waals surface area contributed by atoms with Crippen molar-refractivity contribution in [2.24, 2.45) is 0 Å². The van der Waals surface area contributed by atoms with Crippen LogP contribution in [0.15, 0.2) is 47.3 Å². The van der Waals surface area contributed by atoms with Gasteiger partial charge in [0, 0.05) is 31.4 Å². The van der Waals surface area contributed by atoms with Gasteiger partial charge in [-0.3, -0.25) is 4.57 Å². The van der Waals surface area contributed by atoms with E-state index in [1.807, 2.05) is 55.4 Å². The van der Waals surface area contributed by atoms with Crippen LogP contribution >= 0.6 is 0 Å². The summed E-state index contributed by atoms with van der Waals surface area (Å²) >= 11 is 0. The van der Waals surface area contributed by atoms with Crippen LogP contribution in [-0.4, -0.2) is 33.8 Å². The van der Waals surface area contributed by atoms with E-state index in [1.54, 1.807) is 4.57 Å². The van der Waals surface area contributed by atoms with Crippen LogP contribution in [0.5, 0.6) is 0 Å². The highest BCUT2D eigenvalue weighted by Gasteiger charge is 2.25. The van der Waals surface area contributed by atoms with Gasteiger partial charge in [0.1, 0.15) is 5.69 Å². The summed E-state index contributed by atoms with van der Waals surface area (Å²) in [6.45, 7) is 0.466. The first kappa shape index (κ1) is 15.6. The molecule has 128 valence electrons. The minimum atomic E-state index is -0.217. The molecule has 3 aromatic rings. The Morgan fingerprint density at radius 3 is 2.60 bits per heavy atom. The third-order valence-electron chi connectivity index (χ3n) is 4.55. The van der Waals surface area contributed by atoms with Gasteiger partial charge >= 0.3 is 5.69 Å². The molecule has 0 atom stereocenters. The molecule has 1 saturated carbocycles. The van der Waals surface area contributed by atoms with Gasteiger partial charge in [-0.25, -0.2) is 14.9 Å². The number of H-pyrrole nitrogens is 1. The van der Waals surface area contributed by atoms with Gasteiger partial charge in [0.25, 0.3) is 0 Å². The molecule has 4 rings (SSSR count). The van der Waals surface area contributed by atoms with Crippen molar-refractivity contribution in [3.8, 4) is 11.5 Å². The average molecular weight is 335 g/mol. The van der Waals surface area contributed by atoms with Crippen LogP contribution in [0.3, 0.4) is 0 Å². The first-order chi connectivity index (χ1) is 12.1. The molecule has 2 heterocycles. The SMILES string of the molecule is CN(C)c1ccc(Cn2c(-c3cccc(C4CC4)n3)n[nH]c2=O)cc1. The fourth-order valence-corrected chi connectivity index (χ4v) is 2.92. The highest BCUT2D eigenvalue weighted by Crippen LogP contribution is 2.39. The fraction of sp³-hybridized carbons (Fsp3) is 0.316. The van der Waals surface area contributed by atoms with Gasteiger partial charge in [0.05, 0.1) is 6.54 Å². The van der Waals surface area contributed by atoms with Crippen molar-refractivity contribution in [2.45, 2.75) is 25.3 Å². The van der Waals surface area contributed by atoms with Crippen LogP contribution < -0.4 is 10.6 Å². The number of nitrogens with one attached hydrogen (secondary N) is 1. The maximum atomic E-state index is 12.2. The predicted molar refractivity (Wildman–Crippen MR) is 97.9 cm³/mol. The summed E-state index contributed by atoms with van der Waals surface area (Å²) in [6, 6.07) is 14.1. The molecule has 0 amide bonds. The molecule has 1 fully saturated rings. The smallest absolute Gasteiger partial charge is 0.343 e. The zero-order chi connectivity index (χ0) is 17.4. The Hall–Kier alpha value is -2.89. The maximum absolute atomic E-state index is 12.2. The van der Waals surface area contributed by atoms with E-state index in [-0.39, 0.29) is 5.69 Å². The summed E-state index contributed by atoms with van der Waals surface area (Å²) in [5.41, 5.74) is 3.80. The Bertz CT molecular complexity index is 935. The molecule has 25 heavy (non-hydrogen) atoms. The van der Waals surface area contributed by atoms with Crippen molar-refractivity contribution in [1.29, 1.82) is 0 Å². The number of benzene rings is 1. The Morgan fingerprint density at radius 2 is 1.92 bits per heavy atom. The molecule has 1 aliphatic carbocycles. The molecular weight excluding hydrogens is 314 g/mol. The topological polar surface area (TPSA) is 66.8 Å². The molecule has 0 unspecified atom stereocenters. The Labute approximate surface area is 146 Å². The third-order valence-corrected chi connectivity index (χ3v) is 4.55. The molecule has 6 heteroatoms. The van der Waals surface area contributed by atoms with Gasteiger partial charge in [-0.05, 0) is 42.7 Å². The molecule has 6 nitrogen and oxygen atoms in total. The second kappa shape index (κ2) is 6.20. The summed E-state index contributed by atoms with van der Waals surface area (Å²) in [7, 11) is 4.01. The van der Waals surface area contributed by atoms with Gasteiger partial charge in [-0.2, -0.15) is 5.10 Å². The Kier molecular flexibility index (Phi) is 3.87. The second-order valence-electron chi connectivity index (χ2n) is 6.72. The number of nitrogens with zero attached hydrogens (tertiary/aromatic N) is 4. The van der Waals surface area contributed by atoms with E-state index in [4.69, 9.17) is 4.98 Å². The van der Waals surface area contributed by atoms with Gasteiger partial charge in [-0.15, -0.1) is 0 Å². The zero-order valence-corrected chi connectivity index (χ0v) is 14.4. The fourth-order valence-electron chi connectivity index (χ4n) is 2.92. The molecule has 0 radical (unpaired) electrons. The molecule has 0 spiro atoms. The van der Waals surface area contributed by atoms with Crippen LogP contribution in [0.1, 0.15) is 30.0 Å². The number of aromatic nitrogens is 4. The number of hydrogen-bond acceptors (Lipinski definition) is 4. The number of pyridine rings is 1.